The lowest BCUT2D eigenvalue weighted by Crippen LogP contribution is -2.30. The number of benzene rings is 1. The molecule has 0 saturated heterocycles. The van der Waals surface area contributed by atoms with Crippen molar-refractivity contribution in [2.24, 2.45) is 0 Å². The average molecular weight is 401 g/mol. The largest absolute Gasteiger partial charge is 0.453 e. The highest BCUT2D eigenvalue weighted by Gasteiger charge is 2.20. The van der Waals surface area contributed by atoms with E-state index in [1.165, 1.54) is 24.2 Å². The van der Waals surface area contributed by atoms with Crippen LogP contribution in [-0.2, 0) is 27.2 Å². The van der Waals surface area contributed by atoms with Gasteiger partial charge >= 0.3 is 5.97 Å². The molecule has 0 radical (unpaired) electrons. The zero-order chi connectivity index (χ0) is 20.1. The third-order valence-corrected chi connectivity index (χ3v) is 4.86. The van der Waals surface area contributed by atoms with Crippen molar-refractivity contribution in [3.63, 3.8) is 0 Å². The first-order chi connectivity index (χ1) is 13.4. The van der Waals surface area contributed by atoms with Crippen LogP contribution in [0, 0.1) is 0 Å². The predicted octanol–water partition coefficient (Wildman–Crippen LogP) is 3.76. The summed E-state index contributed by atoms with van der Waals surface area (Å²) in [6.45, 7) is 1.46. The highest BCUT2D eigenvalue weighted by molar-refractivity contribution is 6.30. The van der Waals surface area contributed by atoms with Crippen LogP contribution in [0.5, 0.6) is 0 Å². The molecular weight excluding hydrogens is 380 g/mol. The fraction of sp³-hybridized carbons (Fsp3) is 0.333. The molecule has 0 saturated carbocycles. The fourth-order valence-electron chi connectivity index (χ4n) is 3.09. The number of ether oxygens (including phenoxy) is 1. The molecule has 0 aliphatic heterocycles. The monoisotopic (exact) mass is 400 g/mol. The lowest BCUT2D eigenvalue weighted by Gasteiger charge is -2.13. The number of nitrogens with zero attached hydrogens (tertiary/aromatic N) is 1. The molecule has 0 spiro atoms. The molecule has 1 atom stereocenters. The van der Waals surface area contributed by atoms with Crippen molar-refractivity contribution in [2.75, 3.05) is 5.32 Å². The van der Waals surface area contributed by atoms with Gasteiger partial charge in [-0.1, -0.05) is 23.7 Å². The van der Waals surface area contributed by atoms with E-state index < -0.39 is 18.0 Å². The normalized spacial score (nSPS) is 13.5. The Labute approximate surface area is 168 Å². The number of hydrogen-bond acceptors (Lipinski definition) is 5. The molecule has 7 heteroatoms. The number of hydrogen-bond donors (Lipinski definition) is 1. The number of esters is 1. The van der Waals surface area contributed by atoms with Gasteiger partial charge in [-0.2, -0.15) is 0 Å². The summed E-state index contributed by atoms with van der Waals surface area (Å²) in [5.41, 5.74) is 3.13. The number of rotatable bonds is 7. The molecule has 1 aliphatic carbocycles. The van der Waals surface area contributed by atoms with E-state index in [4.69, 9.17) is 16.3 Å². The maximum Gasteiger partial charge on any atom is 0.307 e. The summed E-state index contributed by atoms with van der Waals surface area (Å²) < 4.78 is 5.11. The highest BCUT2D eigenvalue weighted by atomic mass is 35.5. The quantitative estimate of drug-likeness (QED) is 0.565. The summed E-state index contributed by atoms with van der Waals surface area (Å²) >= 11 is 5.74. The Kier molecular flexibility index (Phi) is 6.41. The van der Waals surface area contributed by atoms with E-state index in [9.17, 15) is 14.4 Å². The zero-order valence-corrected chi connectivity index (χ0v) is 16.3. The van der Waals surface area contributed by atoms with Gasteiger partial charge in [0.2, 0.25) is 0 Å². The van der Waals surface area contributed by atoms with Crippen LogP contribution in [0.4, 0.5) is 5.82 Å². The summed E-state index contributed by atoms with van der Waals surface area (Å²) in [5.74, 6) is -0.896. The zero-order valence-electron chi connectivity index (χ0n) is 15.5. The van der Waals surface area contributed by atoms with Gasteiger partial charge < -0.3 is 10.1 Å². The number of Topliss-reactive ketones (excluding diaryl/α,β-unsaturated/α-hetero) is 1. The molecule has 1 amide bonds. The Morgan fingerprint density at radius 1 is 1.14 bits per heavy atom. The lowest BCUT2D eigenvalue weighted by molar-refractivity contribution is -0.153. The number of aromatic nitrogens is 1. The predicted molar refractivity (Wildman–Crippen MR) is 105 cm³/mol. The Morgan fingerprint density at radius 3 is 2.68 bits per heavy atom. The Bertz CT molecular complexity index is 896. The Balaban J connectivity index is 1.46. The van der Waals surface area contributed by atoms with Crippen LogP contribution >= 0.6 is 11.6 Å². The second-order valence-electron chi connectivity index (χ2n) is 6.74. The molecule has 6 nitrogen and oxygen atoms in total. The second-order valence-corrected chi connectivity index (χ2v) is 7.18. The highest BCUT2D eigenvalue weighted by Crippen LogP contribution is 2.23. The first kappa shape index (κ1) is 20.0. The number of carbonyl (C=O) groups excluding carboxylic acids is 3. The topological polar surface area (TPSA) is 85.4 Å². The molecule has 28 heavy (non-hydrogen) atoms. The van der Waals surface area contributed by atoms with Gasteiger partial charge in [-0.25, -0.2) is 4.98 Å². The maximum atomic E-state index is 12.3. The van der Waals surface area contributed by atoms with Gasteiger partial charge in [0.25, 0.3) is 5.91 Å². The van der Waals surface area contributed by atoms with Crippen LogP contribution in [0.15, 0.2) is 36.5 Å². The molecule has 146 valence electrons. The molecule has 1 aliphatic rings. The Hall–Kier alpha value is -2.73. The summed E-state index contributed by atoms with van der Waals surface area (Å²) in [4.78, 5) is 40.3. The van der Waals surface area contributed by atoms with Gasteiger partial charge in [-0.05, 0) is 55.5 Å². The van der Waals surface area contributed by atoms with Crippen LogP contribution in [-0.4, -0.2) is 28.7 Å². The summed E-state index contributed by atoms with van der Waals surface area (Å²) in [6.07, 6.45) is 3.54. The van der Waals surface area contributed by atoms with Gasteiger partial charge in [-0.15, -0.1) is 0 Å². The number of amides is 1. The smallest absolute Gasteiger partial charge is 0.307 e. The average Bonchev–Trinajstić information content (AvgIpc) is 3.15. The molecule has 3 rings (SSSR count). The van der Waals surface area contributed by atoms with Gasteiger partial charge in [0, 0.05) is 18.2 Å². The number of pyridine rings is 1. The molecule has 1 aromatic heterocycles. The molecule has 0 fully saturated rings. The van der Waals surface area contributed by atoms with Gasteiger partial charge in [0.05, 0.1) is 11.4 Å². The summed E-state index contributed by atoms with van der Waals surface area (Å²) in [6, 6.07) is 8.86. The van der Waals surface area contributed by atoms with Gasteiger partial charge in [-0.3, -0.25) is 14.4 Å². The van der Waals surface area contributed by atoms with Crippen molar-refractivity contribution >= 4 is 35.1 Å². The molecule has 1 heterocycles. The van der Waals surface area contributed by atoms with E-state index in [-0.39, 0.29) is 18.6 Å². The standard InChI is InChI=1S/C21H21ClN2O4/c1-13(21(27)24-19-9-7-17(22)12-23-19)28-20(26)10-8-18(25)16-6-5-14-3-2-4-15(14)11-16/h5-7,9,11-13H,2-4,8,10H2,1H3,(H,23,24,27). The molecule has 1 N–H and O–H groups in total. The van der Waals surface area contributed by atoms with Crippen LogP contribution in [0.1, 0.15) is 47.7 Å². The minimum Gasteiger partial charge on any atom is -0.453 e. The lowest BCUT2D eigenvalue weighted by atomic mass is 10.0. The minimum absolute atomic E-state index is 0.0463. The molecule has 0 bridgehead atoms. The van der Waals surface area contributed by atoms with Crippen LogP contribution in [0.2, 0.25) is 5.02 Å². The van der Waals surface area contributed by atoms with E-state index in [0.29, 0.717) is 16.4 Å². The van der Waals surface area contributed by atoms with Crippen molar-refractivity contribution in [3.8, 4) is 0 Å². The van der Waals surface area contributed by atoms with Crippen molar-refractivity contribution in [1.82, 2.24) is 4.98 Å². The van der Waals surface area contributed by atoms with Crippen molar-refractivity contribution in [3.05, 3.63) is 58.2 Å². The third kappa shape index (κ3) is 5.16. The van der Waals surface area contributed by atoms with E-state index in [2.05, 4.69) is 10.3 Å². The number of ketones is 1. The molecule has 2 aromatic rings. The third-order valence-electron chi connectivity index (χ3n) is 4.63. The van der Waals surface area contributed by atoms with Crippen molar-refractivity contribution in [1.29, 1.82) is 0 Å². The first-order valence-electron chi connectivity index (χ1n) is 9.19. The van der Waals surface area contributed by atoms with Gasteiger partial charge in [0.1, 0.15) is 5.82 Å². The van der Waals surface area contributed by atoms with E-state index in [1.807, 2.05) is 18.2 Å². The summed E-state index contributed by atoms with van der Waals surface area (Å²) in [7, 11) is 0. The second kappa shape index (κ2) is 8.97. The number of anilines is 1. The van der Waals surface area contributed by atoms with Crippen LogP contribution < -0.4 is 5.32 Å². The number of nitrogens with one attached hydrogen (secondary N) is 1. The minimum atomic E-state index is -1.000. The Morgan fingerprint density at radius 2 is 1.93 bits per heavy atom. The number of halogens is 1. The number of carbonyl (C=O) groups is 3. The van der Waals surface area contributed by atoms with Crippen LogP contribution in [0.3, 0.4) is 0 Å². The van der Waals surface area contributed by atoms with E-state index in [1.54, 1.807) is 12.1 Å². The molecule has 1 aromatic carbocycles. The SMILES string of the molecule is CC(OC(=O)CCC(=O)c1ccc2c(c1)CCC2)C(=O)Nc1ccc(Cl)cn1. The maximum absolute atomic E-state index is 12.3. The molecule has 1 unspecified atom stereocenters. The van der Waals surface area contributed by atoms with Crippen molar-refractivity contribution in [2.45, 2.75) is 45.1 Å². The fourth-order valence-corrected chi connectivity index (χ4v) is 3.20. The number of fused-ring (bicyclic) bond motifs is 1. The first-order valence-corrected chi connectivity index (χ1v) is 9.57. The van der Waals surface area contributed by atoms with Crippen LogP contribution in [0.25, 0.3) is 0 Å². The van der Waals surface area contributed by atoms with E-state index >= 15 is 0 Å². The van der Waals surface area contributed by atoms with E-state index in [0.717, 1.165) is 19.3 Å². The van der Waals surface area contributed by atoms with Crippen molar-refractivity contribution < 1.29 is 19.1 Å². The molecular formula is C21H21ClN2O4. The number of aryl methyl sites for hydroxylation is 2. The van der Waals surface area contributed by atoms with Gasteiger partial charge in [0.15, 0.2) is 11.9 Å². The summed E-state index contributed by atoms with van der Waals surface area (Å²) in [5, 5.41) is 2.99.